The summed E-state index contributed by atoms with van der Waals surface area (Å²) in [7, 11) is 0. The van der Waals surface area contributed by atoms with Gasteiger partial charge in [-0.3, -0.25) is 4.79 Å². The second-order valence-electron chi connectivity index (χ2n) is 10.6. The molecule has 0 spiro atoms. The topological polar surface area (TPSA) is 95.4 Å². The Morgan fingerprint density at radius 2 is 1.78 bits per heavy atom. The number of para-hydroxylation sites is 1. The van der Waals surface area contributed by atoms with Crippen LogP contribution < -0.4 is 5.32 Å². The summed E-state index contributed by atoms with van der Waals surface area (Å²) in [4.78, 5) is 34.8. The van der Waals surface area contributed by atoms with Crippen LogP contribution in [0.5, 0.6) is 0 Å². The molecule has 0 radical (unpaired) electrons. The van der Waals surface area contributed by atoms with Gasteiger partial charge in [-0.05, 0) is 82.6 Å². The van der Waals surface area contributed by atoms with Crippen molar-refractivity contribution in [3.05, 3.63) is 60.2 Å². The molecule has 190 valence electrons. The van der Waals surface area contributed by atoms with Gasteiger partial charge in [0, 0.05) is 35.8 Å². The minimum Gasteiger partial charge on any atom is -0.465 e. The van der Waals surface area contributed by atoms with Crippen LogP contribution in [0.4, 0.5) is 9.18 Å². The molecule has 8 heteroatoms. The lowest BCUT2D eigenvalue weighted by atomic mass is 9.81. The fourth-order valence-corrected chi connectivity index (χ4v) is 4.89. The predicted octanol–water partition coefficient (Wildman–Crippen LogP) is 5.75. The maximum atomic E-state index is 13.3. The van der Waals surface area contributed by atoms with Crippen LogP contribution in [0, 0.1) is 17.8 Å². The molecule has 2 N–H and O–H groups in total. The van der Waals surface area contributed by atoms with Crippen molar-refractivity contribution in [2.24, 2.45) is 11.8 Å². The summed E-state index contributed by atoms with van der Waals surface area (Å²) in [5, 5.41) is 13.4. The zero-order chi connectivity index (χ0) is 25.9. The Kier molecular flexibility index (Phi) is 7.52. The van der Waals surface area contributed by atoms with E-state index in [9.17, 15) is 19.1 Å². The van der Waals surface area contributed by atoms with Gasteiger partial charge < -0.3 is 15.3 Å². The lowest BCUT2D eigenvalue weighted by molar-refractivity contribution is 0.0786. The third kappa shape index (κ3) is 5.98. The highest BCUT2D eigenvalue weighted by Crippen LogP contribution is 2.31. The first-order valence-electron chi connectivity index (χ1n) is 12.4. The largest absolute Gasteiger partial charge is 0.465 e. The molecular formula is C28H33FN4O3. The standard InChI is InChI=1S/C28H33FN4O3/c1-28(2,3)33(27(35)36)17-19-10-8-18(9-11-19)15-31-26(34)22-14-24(20-12-13-25(29)30-16-20)32-23-7-5-4-6-21(22)23/h4-7,12-14,16,18-19H,8-11,15,17H2,1-3H3,(H,31,34)(H,35,36). The van der Waals surface area contributed by atoms with Crippen molar-refractivity contribution < 1.29 is 19.1 Å². The van der Waals surface area contributed by atoms with Gasteiger partial charge in [-0.1, -0.05) is 18.2 Å². The van der Waals surface area contributed by atoms with Crippen LogP contribution in [0.3, 0.4) is 0 Å². The van der Waals surface area contributed by atoms with E-state index in [4.69, 9.17) is 0 Å². The van der Waals surface area contributed by atoms with E-state index in [-0.39, 0.29) is 5.91 Å². The normalized spacial score (nSPS) is 18.1. The number of pyridine rings is 2. The van der Waals surface area contributed by atoms with E-state index in [1.807, 2.05) is 45.0 Å². The molecule has 0 saturated heterocycles. The molecule has 0 bridgehead atoms. The number of halogens is 1. The smallest absolute Gasteiger partial charge is 0.407 e. The van der Waals surface area contributed by atoms with E-state index in [0.29, 0.717) is 47.3 Å². The molecule has 1 aliphatic rings. The van der Waals surface area contributed by atoms with E-state index < -0.39 is 17.6 Å². The number of fused-ring (bicyclic) bond motifs is 1. The zero-order valence-electron chi connectivity index (χ0n) is 21.0. The number of nitrogens with one attached hydrogen (secondary N) is 1. The molecule has 3 aromatic rings. The summed E-state index contributed by atoms with van der Waals surface area (Å²) in [5.74, 6) is -0.0478. The summed E-state index contributed by atoms with van der Waals surface area (Å²) in [5.41, 5.74) is 1.99. The van der Waals surface area contributed by atoms with E-state index in [2.05, 4.69) is 15.3 Å². The number of carboxylic acid groups (broad SMARTS) is 1. The molecule has 2 aromatic heterocycles. The Labute approximate surface area is 210 Å². The lowest BCUT2D eigenvalue weighted by Gasteiger charge is -2.38. The van der Waals surface area contributed by atoms with Gasteiger partial charge in [0.25, 0.3) is 5.91 Å². The molecule has 1 fully saturated rings. The number of carbonyl (C=O) groups is 2. The number of rotatable bonds is 6. The molecule has 7 nitrogen and oxygen atoms in total. The summed E-state index contributed by atoms with van der Waals surface area (Å²) in [6, 6.07) is 12.1. The number of aromatic nitrogens is 2. The minimum atomic E-state index is -0.878. The average Bonchev–Trinajstić information content (AvgIpc) is 2.85. The quantitative estimate of drug-likeness (QED) is 0.427. The van der Waals surface area contributed by atoms with Crippen LogP contribution in [0.25, 0.3) is 22.2 Å². The van der Waals surface area contributed by atoms with Crippen molar-refractivity contribution >= 4 is 22.9 Å². The Bertz CT molecular complexity index is 1230. The van der Waals surface area contributed by atoms with Crippen LogP contribution in [-0.2, 0) is 0 Å². The zero-order valence-corrected chi connectivity index (χ0v) is 21.0. The van der Waals surface area contributed by atoms with Gasteiger partial charge in [0.1, 0.15) is 0 Å². The highest BCUT2D eigenvalue weighted by molar-refractivity contribution is 6.07. The maximum Gasteiger partial charge on any atom is 0.407 e. The predicted molar refractivity (Wildman–Crippen MR) is 137 cm³/mol. The first kappa shape index (κ1) is 25.5. The number of hydrogen-bond acceptors (Lipinski definition) is 4. The molecule has 1 aromatic carbocycles. The molecule has 0 unspecified atom stereocenters. The van der Waals surface area contributed by atoms with Crippen molar-refractivity contribution in [1.82, 2.24) is 20.2 Å². The number of amides is 2. The fraction of sp³-hybridized carbons (Fsp3) is 0.429. The number of carbonyl (C=O) groups excluding carboxylic acids is 1. The number of hydrogen-bond donors (Lipinski definition) is 2. The van der Waals surface area contributed by atoms with Gasteiger partial charge in [-0.2, -0.15) is 4.39 Å². The molecule has 1 saturated carbocycles. The Morgan fingerprint density at radius 3 is 2.42 bits per heavy atom. The highest BCUT2D eigenvalue weighted by Gasteiger charge is 2.31. The summed E-state index contributed by atoms with van der Waals surface area (Å²) >= 11 is 0. The van der Waals surface area contributed by atoms with Gasteiger partial charge in [0.2, 0.25) is 5.95 Å². The maximum absolute atomic E-state index is 13.3. The van der Waals surface area contributed by atoms with Crippen molar-refractivity contribution in [3.63, 3.8) is 0 Å². The summed E-state index contributed by atoms with van der Waals surface area (Å²) in [6.07, 6.45) is 4.33. The Hall–Kier alpha value is -3.55. The molecule has 4 rings (SSSR count). The minimum absolute atomic E-state index is 0.170. The molecule has 36 heavy (non-hydrogen) atoms. The van der Waals surface area contributed by atoms with E-state index in [0.717, 1.165) is 31.1 Å². The van der Waals surface area contributed by atoms with Gasteiger partial charge in [0.15, 0.2) is 0 Å². The number of nitrogens with zero attached hydrogens (tertiary/aromatic N) is 3. The first-order chi connectivity index (χ1) is 17.1. The van der Waals surface area contributed by atoms with Gasteiger partial charge in [0.05, 0.1) is 16.8 Å². The van der Waals surface area contributed by atoms with E-state index in [1.165, 1.54) is 17.2 Å². The van der Waals surface area contributed by atoms with Crippen LogP contribution in [-0.4, -0.2) is 50.6 Å². The highest BCUT2D eigenvalue weighted by atomic mass is 19.1. The molecule has 2 amide bonds. The van der Waals surface area contributed by atoms with Crippen LogP contribution in [0.15, 0.2) is 48.7 Å². The van der Waals surface area contributed by atoms with Crippen LogP contribution in [0.1, 0.15) is 56.8 Å². The summed E-state index contributed by atoms with van der Waals surface area (Å²) in [6.45, 7) is 6.87. The third-order valence-corrected chi connectivity index (χ3v) is 6.98. The molecule has 0 aliphatic heterocycles. The van der Waals surface area contributed by atoms with Gasteiger partial charge in [-0.25, -0.2) is 14.8 Å². The molecule has 0 atom stereocenters. The third-order valence-electron chi connectivity index (χ3n) is 6.98. The second kappa shape index (κ2) is 10.6. The Balaban J connectivity index is 1.41. The summed E-state index contributed by atoms with van der Waals surface area (Å²) < 4.78 is 13.3. The fourth-order valence-electron chi connectivity index (χ4n) is 4.89. The van der Waals surface area contributed by atoms with E-state index in [1.54, 1.807) is 12.1 Å². The second-order valence-corrected chi connectivity index (χ2v) is 10.6. The molecule has 1 aliphatic carbocycles. The lowest BCUT2D eigenvalue weighted by Crippen LogP contribution is -2.47. The van der Waals surface area contributed by atoms with Crippen molar-refractivity contribution in [2.75, 3.05) is 13.1 Å². The molecular weight excluding hydrogens is 459 g/mol. The molecule has 2 heterocycles. The van der Waals surface area contributed by atoms with Gasteiger partial charge >= 0.3 is 6.09 Å². The van der Waals surface area contributed by atoms with Crippen LogP contribution in [0.2, 0.25) is 0 Å². The van der Waals surface area contributed by atoms with Gasteiger partial charge in [-0.15, -0.1) is 0 Å². The monoisotopic (exact) mass is 492 g/mol. The Morgan fingerprint density at radius 1 is 1.08 bits per heavy atom. The average molecular weight is 493 g/mol. The van der Waals surface area contributed by atoms with E-state index >= 15 is 0 Å². The van der Waals surface area contributed by atoms with Crippen LogP contribution >= 0.6 is 0 Å². The SMILES string of the molecule is CC(C)(C)N(CC1CCC(CNC(=O)c2cc(-c3ccc(F)nc3)nc3ccccc23)CC1)C(=O)O. The van der Waals surface area contributed by atoms with Crippen molar-refractivity contribution in [2.45, 2.75) is 52.0 Å². The van der Waals surface area contributed by atoms with Crippen molar-refractivity contribution in [1.29, 1.82) is 0 Å². The number of benzene rings is 1. The first-order valence-corrected chi connectivity index (χ1v) is 12.4. The van der Waals surface area contributed by atoms with Crippen molar-refractivity contribution in [3.8, 4) is 11.3 Å².